The van der Waals surface area contributed by atoms with Crippen molar-refractivity contribution in [2.24, 2.45) is 7.05 Å². The number of imidazole rings is 1. The Morgan fingerprint density at radius 2 is 2.05 bits per heavy atom. The van der Waals surface area contributed by atoms with E-state index in [1.807, 2.05) is 48.1 Å². The first-order valence-corrected chi connectivity index (χ1v) is 6.87. The van der Waals surface area contributed by atoms with Crippen LogP contribution in [0.1, 0.15) is 11.7 Å². The van der Waals surface area contributed by atoms with Crippen LogP contribution < -0.4 is 5.32 Å². The molecule has 0 unspecified atom stereocenters. The van der Waals surface area contributed by atoms with Crippen LogP contribution in [0.5, 0.6) is 0 Å². The van der Waals surface area contributed by atoms with Gasteiger partial charge in [0.1, 0.15) is 5.82 Å². The van der Waals surface area contributed by atoms with E-state index in [4.69, 9.17) is 4.42 Å². The van der Waals surface area contributed by atoms with Crippen LogP contribution in [0.15, 0.2) is 47.1 Å². The minimum absolute atomic E-state index is 0.552. The summed E-state index contributed by atoms with van der Waals surface area (Å²) >= 11 is 0. The third-order valence-corrected chi connectivity index (χ3v) is 3.21. The summed E-state index contributed by atoms with van der Waals surface area (Å²) in [7, 11) is 1.99. The molecule has 0 aliphatic carbocycles. The Kier molecular flexibility index (Phi) is 4.07. The highest BCUT2D eigenvalue weighted by Crippen LogP contribution is 2.16. The van der Waals surface area contributed by atoms with Crippen molar-refractivity contribution in [3.8, 4) is 11.5 Å². The van der Waals surface area contributed by atoms with E-state index < -0.39 is 0 Å². The Morgan fingerprint density at radius 3 is 2.81 bits per heavy atom. The van der Waals surface area contributed by atoms with Crippen molar-refractivity contribution in [1.29, 1.82) is 0 Å². The number of nitrogens with zero attached hydrogens (tertiary/aromatic N) is 4. The van der Waals surface area contributed by atoms with Gasteiger partial charge in [-0.3, -0.25) is 0 Å². The lowest BCUT2D eigenvalue weighted by Gasteiger charge is -2.02. The number of aryl methyl sites for hydroxylation is 1. The molecule has 0 bridgehead atoms. The molecule has 0 saturated carbocycles. The maximum atomic E-state index is 5.63. The summed E-state index contributed by atoms with van der Waals surface area (Å²) in [6.45, 7) is 1.37. The molecular weight excluding hydrogens is 266 g/mol. The van der Waals surface area contributed by atoms with E-state index in [1.54, 1.807) is 6.20 Å². The minimum Gasteiger partial charge on any atom is -0.419 e. The molecule has 3 rings (SSSR count). The lowest BCUT2D eigenvalue weighted by atomic mass is 10.2. The molecule has 0 saturated heterocycles. The monoisotopic (exact) mass is 283 g/mol. The minimum atomic E-state index is 0.552. The van der Waals surface area contributed by atoms with Crippen molar-refractivity contribution < 1.29 is 4.42 Å². The predicted octanol–water partition coefficient (Wildman–Crippen LogP) is 1.80. The van der Waals surface area contributed by atoms with Crippen molar-refractivity contribution in [2.45, 2.75) is 13.0 Å². The molecule has 0 spiro atoms. The predicted molar refractivity (Wildman–Crippen MR) is 78.4 cm³/mol. The van der Waals surface area contributed by atoms with Gasteiger partial charge < -0.3 is 14.3 Å². The van der Waals surface area contributed by atoms with Gasteiger partial charge in [0.2, 0.25) is 11.8 Å². The average Bonchev–Trinajstić information content (AvgIpc) is 3.14. The largest absolute Gasteiger partial charge is 0.419 e. The molecule has 21 heavy (non-hydrogen) atoms. The van der Waals surface area contributed by atoms with Gasteiger partial charge in [-0.05, 0) is 12.1 Å². The highest BCUT2D eigenvalue weighted by atomic mass is 16.4. The third-order valence-electron chi connectivity index (χ3n) is 3.21. The van der Waals surface area contributed by atoms with E-state index in [1.165, 1.54) is 0 Å². The summed E-state index contributed by atoms with van der Waals surface area (Å²) in [5.74, 6) is 2.20. The van der Waals surface area contributed by atoms with Crippen LogP contribution in [-0.4, -0.2) is 26.3 Å². The number of rotatable bonds is 6. The normalized spacial score (nSPS) is 10.9. The summed E-state index contributed by atoms with van der Waals surface area (Å²) in [5.41, 5.74) is 0.935. The first kappa shape index (κ1) is 13.5. The number of hydrogen-bond donors (Lipinski definition) is 1. The van der Waals surface area contributed by atoms with Gasteiger partial charge in [0.15, 0.2) is 0 Å². The summed E-state index contributed by atoms with van der Waals surface area (Å²) in [6, 6.07) is 9.76. The maximum absolute atomic E-state index is 5.63. The third kappa shape index (κ3) is 3.35. The van der Waals surface area contributed by atoms with Gasteiger partial charge in [-0.25, -0.2) is 4.98 Å². The second-order valence-corrected chi connectivity index (χ2v) is 4.75. The van der Waals surface area contributed by atoms with Gasteiger partial charge in [0, 0.05) is 38.0 Å². The molecule has 1 aromatic carbocycles. The topological polar surface area (TPSA) is 68.8 Å². The summed E-state index contributed by atoms with van der Waals surface area (Å²) in [6.07, 6.45) is 4.61. The molecule has 6 heteroatoms. The molecule has 0 aliphatic heterocycles. The summed E-state index contributed by atoms with van der Waals surface area (Å²) in [4.78, 5) is 4.28. The molecule has 108 valence electrons. The van der Waals surface area contributed by atoms with Gasteiger partial charge in [0.05, 0.1) is 6.54 Å². The number of benzene rings is 1. The Bertz CT molecular complexity index is 689. The smallest absolute Gasteiger partial charge is 0.247 e. The van der Waals surface area contributed by atoms with Gasteiger partial charge in [0.25, 0.3) is 0 Å². The molecule has 0 atom stereocenters. The first-order valence-electron chi connectivity index (χ1n) is 6.87. The van der Waals surface area contributed by atoms with Crippen molar-refractivity contribution in [1.82, 2.24) is 25.1 Å². The fourth-order valence-electron chi connectivity index (χ4n) is 2.06. The zero-order chi connectivity index (χ0) is 14.5. The highest BCUT2D eigenvalue weighted by Gasteiger charge is 2.07. The van der Waals surface area contributed by atoms with E-state index in [-0.39, 0.29) is 0 Å². The Morgan fingerprint density at radius 1 is 1.19 bits per heavy atom. The molecule has 0 aliphatic rings. The van der Waals surface area contributed by atoms with E-state index in [9.17, 15) is 0 Å². The zero-order valence-corrected chi connectivity index (χ0v) is 11.9. The molecule has 0 radical (unpaired) electrons. The van der Waals surface area contributed by atoms with E-state index in [0.29, 0.717) is 18.3 Å². The molecule has 2 aromatic heterocycles. The molecule has 2 heterocycles. The lowest BCUT2D eigenvalue weighted by molar-refractivity contribution is 0.477. The number of nitrogens with one attached hydrogen (secondary N) is 1. The van der Waals surface area contributed by atoms with Crippen LogP contribution in [0.25, 0.3) is 11.5 Å². The van der Waals surface area contributed by atoms with Crippen LogP contribution in [0, 0.1) is 0 Å². The lowest BCUT2D eigenvalue weighted by Crippen LogP contribution is -2.18. The van der Waals surface area contributed by atoms with Crippen molar-refractivity contribution in [2.75, 3.05) is 6.54 Å². The first-order chi connectivity index (χ1) is 10.3. The summed E-state index contributed by atoms with van der Waals surface area (Å²) < 4.78 is 7.64. The molecule has 1 N–H and O–H groups in total. The molecule has 6 nitrogen and oxygen atoms in total. The standard InChI is InChI=1S/C15H17N5O/c1-20-10-9-17-13(20)7-8-16-11-14-18-19-15(21-14)12-5-3-2-4-6-12/h2-6,9-10,16H,7-8,11H2,1H3. The Balaban J connectivity index is 1.50. The molecule has 3 aromatic rings. The van der Waals surface area contributed by atoms with E-state index in [2.05, 4.69) is 20.5 Å². The van der Waals surface area contributed by atoms with Gasteiger partial charge in [-0.1, -0.05) is 18.2 Å². The Hall–Kier alpha value is -2.47. The van der Waals surface area contributed by atoms with Crippen LogP contribution in [0.4, 0.5) is 0 Å². The molecular formula is C15H17N5O. The van der Waals surface area contributed by atoms with E-state index in [0.717, 1.165) is 24.4 Å². The average molecular weight is 283 g/mol. The van der Waals surface area contributed by atoms with Crippen molar-refractivity contribution in [3.63, 3.8) is 0 Å². The van der Waals surface area contributed by atoms with Gasteiger partial charge in [-0.15, -0.1) is 10.2 Å². The maximum Gasteiger partial charge on any atom is 0.247 e. The fourth-order valence-corrected chi connectivity index (χ4v) is 2.06. The van der Waals surface area contributed by atoms with Gasteiger partial charge >= 0.3 is 0 Å². The van der Waals surface area contributed by atoms with Crippen LogP contribution in [0.2, 0.25) is 0 Å². The Labute approximate surface area is 122 Å². The highest BCUT2D eigenvalue weighted by molar-refractivity contribution is 5.51. The van der Waals surface area contributed by atoms with Crippen molar-refractivity contribution >= 4 is 0 Å². The van der Waals surface area contributed by atoms with Gasteiger partial charge in [-0.2, -0.15) is 0 Å². The zero-order valence-electron chi connectivity index (χ0n) is 11.9. The summed E-state index contributed by atoms with van der Waals surface area (Å²) in [5, 5.41) is 11.4. The second kappa shape index (κ2) is 6.32. The van der Waals surface area contributed by atoms with Crippen molar-refractivity contribution in [3.05, 3.63) is 54.4 Å². The van der Waals surface area contributed by atoms with Crippen LogP contribution in [0.3, 0.4) is 0 Å². The molecule has 0 amide bonds. The van der Waals surface area contributed by atoms with Crippen LogP contribution >= 0.6 is 0 Å². The fraction of sp³-hybridized carbons (Fsp3) is 0.267. The van der Waals surface area contributed by atoms with E-state index >= 15 is 0 Å². The quantitative estimate of drug-likeness (QED) is 0.699. The van der Waals surface area contributed by atoms with Crippen LogP contribution in [-0.2, 0) is 20.0 Å². The molecule has 0 fully saturated rings. The second-order valence-electron chi connectivity index (χ2n) is 4.75. The number of hydrogen-bond acceptors (Lipinski definition) is 5. The SMILES string of the molecule is Cn1ccnc1CCNCc1nnc(-c2ccccc2)o1. The number of aromatic nitrogens is 4.